The molecular weight excluding hydrogens is 328 g/mol. The Morgan fingerprint density at radius 1 is 1.08 bits per heavy atom. The molecule has 1 aromatic heterocycles. The van der Waals surface area contributed by atoms with Crippen molar-refractivity contribution >= 4 is 0 Å². The van der Waals surface area contributed by atoms with Crippen LogP contribution in [-0.4, -0.2) is 43.3 Å². The van der Waals surface area contributed by atoms with E-state index in [1.165, 1.54) is 18.4 Å². The maximum absolute atomic E-state index is 6.45. The third kappa shape index (κ3) is 3.69. The molecule has 2 atom stereocenters. The van der Waals surface area contributed by atoms with Crippen LogP contribution < -0.4 is 9.47 Å². The van der Waals surface area contributed by atoms with Gasteiger partial charge in [-0.1, -0.05) is 30.3 Å². The van der Waals surface area contributed by atoms with E-state index in [1.807, 2.05) is 12.1 Å². The Hall–Kier alpha value is -2.11. The van der Waals surface area contributed by atoms with Crippen molar-refractivity contribution in [3.63, 3.8) is 0 Å². The smallest absolute Gasteiger partial charge is 0.183 e. The van der Waals surface area contributed by atoms with Crippen LogP contribution >= 0.6 is 0 Å². The summed E-state index contributed by atoms with van der Waals surface area (Å²) < 4.78 is 17.4. The number of pyridine rings is 1. The molecule has 5 heteroatoms. The predicted molar refractivity (Wildman–Crippen MR) is 99.4 cm³/mol. The highest BCUT2D eigenvalue weighted by Gasteiger charge is 2.39. The second-order valence-corrected chi connectivity index (χ2v) is 7.10. The highest BCUT2D eigenvalue weighted by Crippen LogP contribution is 2.40. The Morgan fingerprint density at radius 3 is 2.58 bits per heavy atom. The van der Waals surface area contributed by atoms with Crippen molar-refractivity contribution in [3.05, 3.63) is 53.9 Å². The average Bonchev–Trinajstić information content (AvgIpc) is 3.53. The zero-order valence-corrected chi connectivity index (χ0v) is 15.4. The van der Waals surface area contributed by atoms with Crippen LogP contribution in [0.4, 0.5) is 0 Å². The number of aromatic nitrogens is 1. The van der Waals surface area contributed by atoms with E-state index in [0.29, 0.717) is 12.0 Å². The van der Waals surface area contributed by atoms with Gasteiger partial charge in [-0.15, -0.1) is 0 Å². The molecular formula is C21H26N2O3. The molecule has 4 rings (SSSR count). The highest BCUT2D eigenvalue weighted by atomic mass is 16.5. The van der Waals surface area contributed by atoms with Crippen molar-refractivity contribution in [1.29, 1.82) is 0 Å². The third-order valence-electron chi connectivity index (χ3n) is 5.26. The van der Waals surface area contributed by atoms with Crippen molar-refractivity contribution in [2.75, 3.05) is 27.3 Å². The quantitative estimate of drug-likeness (QED) is 0.795. The first kappa shape index (κ1) is 17.3. The van der Waals surface area contributed by atoms with Crippen LogP contribution in [0.15, 0.2) is 42.6 Å². The first-order valence-corrected chi connectivity index (χ1v) is 9.27. The van der Waals surface area contributed by atoms with Gasteiger partial charge in [0.25, 0.3) is 0 Å². The van der Waals surface area contributed by atoms with Crippen molar-refractivity contribution < 1.29 is 14.2 Å². The van der Waals surface area contributed by atoms with Gasteiger partial charge in [-0.05, 0) is 24.3 Å². The summed E-state index contributed by atoms with van der Waals surface area (Å²) >= 11 is 0. The molecule has 0 unspecified atom stereocenters. The van der Waals surface area contributed by atoms with E-state index >= 15 is 0 Å². The van der Waals surface area contributed by atoms with Gasteiger partial charge in [-0.3, -0.25) is 9.88 Å². The van der Waals surface area contributed by atoms with Crippen LogP contribution in [0.25, 0.3) is 0 Å². The molecule has 2 aliphatic rings. The summed E-state index contributed by atoms with van der Waals surface area (Å²) in [6.45, 7) is 2.53. The number of methoxy groups -OCH3 is 2. The van der Waals surface area contributed by atoms with Crippen LogP contribution in [0.1, 0.15) is 30.2 Å². The topological polar surface area (TPSA) is 43.8 Å². The molecule has 26 heavy (non-hydrogen) atoms. The molecule has 5 nitrogen and oxygen atoms in total. The summed E-state index contributed by atoms with van der Waals surface area (Å²) in [5.74, 6) is 2.15. The van der Waals surface area contributed by atoms with Crippen LogP contribution in [-0.2, 0) is 11.3 Å². The van der Waals surface area contributed by atoms with E-state index in [4.69, 9.17) is 14.2 Å². The Balaban J connectivity index is 1.55. The Morgan fingerprint density at radius 2 is 1.88 bits per heavy atom. The standard InChI is InChI=1S/C21H26N2O3/c1-24-18-10-11-22-17(21(18)25-2)12-23-13-19(15-6-4-3-5-7-15)26-20(14-23)16-8-9-16/h3-7,10-11,16,19-20H,8-9,12-14H2,1-2H3/t19-,20+/m0/s1. The van der Waals surface area contributed by atoms with E-state index in [2.05, 4.69) is 34.1 Å². The van der Waals surface area contributed by atoms with Gasteiger partial charge in [-0.2, -0.15) is 0 Å². The summed E-state index contributed by atoms with van der Waals surface area (Å²) in [6.07, 6.45) is 4.74. The molecule has 0 spiro atoms. The molecule has 1 aliphatic carbocycles. The van der Waals surface area contributed by atoms with Gasteiger partial charge in [0.1, 0.15) is 5.69 Å². The van der Waals surface area contributed by atoms with E-state index in [-0.39, 0.29) is 6.10 Å². The predicted octanol–water partition coefficient (Wildman–Crippen LogP) is 3.45. The average molecular weight is 354 g/mol. The van der Waals surface area contributed by atoms with Gasteiger partial charge in [0.05, 0.1) is 26.4 Å². The summed E-state index contributed by atoms with van der Waals surface area (Å²) in [4.78, 5) is 6.99. The fraction of sp³-hybridized carbons (Fsp3) is 0.476. The molecule has 2 aromatic rings. The van der Waals surface area contributed by atoms with Gasteiger partial charge in [-0.25, -0.2) is 0 Å². The van der Waals surface area contributed by atoms with Crippen LogP contribution in [0.2, 0.25) is 0 Å². The summed E-state index contributed by atoms with van der Waals surface area (Å²) in [5.41, 5.74) is 2.16. The zero-order chi connectivity index (χ0) is 17.9. The highest BCUT2D eigenvalue weighted by molar-refractivity contribution is 5.42. The molecule has 0 radical (unpaired) electrons. The lowest BCUT2D eigenvalue weighted by atomic mass is 10.0. The number of nitrogens with zero attached hydrogens (tertiary/aromatic N) is 2. The molecule has 138 valence electrons. The summed E-state index contributed by atoms with van der Waals surface area (Å²) in [5, 5.41) is 0. The minimum Gasteiger partial charge on any atom is -0.493 e. The molecule has 1 aliphatic heterocycles. The minimum atomic E-state index is 0.104. The maximum atomic E-state index is 6.45. The lowest BCUT2D eigenvalue weighted by Gasteiger charge is -2.38. The second-order valence-electron chi connectivity index (χ2n) is 7.10. The molecule has 0 amide bonds. The number of morpholine rings is 1. The number of benzene rings is 1. The van der Waals surface area contributed by atoms with Gasteiger partial charge in [0, 0.05) is 31.9 Å². The Labute approximate surface area is 154 Å². The maximum Gasteiger partial charge on any atom is 0.183 e. The number of ether oxygens (including phenoxy) is 3. The van der Waals surface area contributed by atoms with Gasteiger partial charge in [0.15, 0.2) is 11.5 Å². The largest absolute Gasteiger partial charge is 0.493 e. The SMILES string of the molecule is COc1ccnc(CN2C[C@@H](c3ccccc3)O[C@@H](C3CC3)C2)c1OC. The minimum absolute atomic E-state index is 0.104. The Bertz CT molecular complexity index is 733. The zero-order valence-electron chi connectivity index (χ0n) is 15.4. The second kappa shape index (κ2) is 7.64. The fourth-order valence-corrected chi connectivity index (χ4v) is 3.74. The lowest BCUT2D eigenvalue weighted by molar-refractivity contribution is -0.0989. The fourth-order valence-electron chi connectivity index (χ4n) is 3.74. The van der Waals surface area contributed by atoms with Crippen molar-refractivity contribution in [2.24, 2.45) is 5.92 Å². The summed E-state index contributed by atoms with van der Waals surface area (Å²) in [7, 11) is 3.33. The Kier molecular flexibility index (Phi) is 5.09. The first-order chi connectivity index (χ1) is 12.8. The van der Waals surface area contributed by atoms with E-state index in [0.717, 1.165) is 36.8 Å². The van der Waals surface area contributed by atoms with E-state index in [1.54, 1.807) is 20.4 Å². The van der Waals surface area contributed by atoms with Gasteiger partial charge < -0.3 is 14.2 Å². The van der Waals surface area contributed by atoms with Crippen molar-refractivity contribution in [2.45, 2.75) is 31.6 Å². The number of hydrogen-bond acceptors (Lipinski definition) is 5. The third-order valence-corrected chi connectivity index (χ3v) is 5.26. The van der Waals surface area contributed by atoms with Crippen LogP contribution in [0.5, 0.6) is 11.5 Å². The van der Waals surface area contributed by atoms with Gasteiger partial charge >= 0.3 is 0 Å². The molecule has 1 saturated carbocycles. The van der Waals surface area contributed by atoms with Crippen LogP contribution in [0.3, 0.4) is 0 Å². The molecule has 0 N–H and O–H groups in total. The first-order valence-electron chi connectivity index (χ1n) is 9.27. The molecule has 1 saturated heterocycles. The summed E-state index contributed by atoms with van der Waals surface area (Å²) in [6, 6.07) is 12.4. The number of hydrogen-bond donors (Lipinski definition) is 0. The lowest BCUT2D eigenvalue weighted by Crippen LogP contribution is -2.44. The van der Waals surface area contributed by atoms with Crippen LogP contribution in [0, 0.1) is 5.92 Å². The van der Waals surface area contributed by atoms with E-state index < -0.39 is 0 Å². The van der Waals surface area contributed by atoms with Crippen molar-refractivity contribution in [1.82, 2.24) is 9.88 Å². The molecule has 2 fully saturated rings. The normalized spacial score (nSPS) is 23.6. The van der Waals surface area contributed by atoms with Gasteiger partial charge in [0.2, 0.25) is 0 Å². The molecule has 0 bridgehead atoms. The molecule has 2 heterocycles. The monoisotopic (exact) mass is 354 g/mol. The number of rotatable bonds is 6. The van der Waals surface area contributed by atoms with Crippen molar-refractivity contribution in [3.8, 4) is 11.5 Å². The van der Waals surface area contributed by atoms with E-state index in [9.17, 15) is 0 Å². The molecule has 1 aromatic carbocycles.